The maximum Gasteiger partial charge on any atom is 0.0528 e. The van der Waals surface area contributed by atoms with Gasteiger partial charge in [-0.25, -0.2) is 0 Å². The van der Waals surface area contributed by atoms with Crippen molar-refractivity contribution in [3.05, 3.63) is 33.8 Å². The maximum absolute atomic E-state index is 6.41. The summed E-state index contributed by atoms with van der Waals surface area (Å²) in [5.74, 6) is 1.25. The van der Waals surface area contributed by atoms with Crippen LogP contribution in [0, 0.1) is 5.92 Å². The summed E-state index contributed by atoms with van der Waals surface area (Å²) in [6.07, 6.45) is 1.15. The van der Waals surface area contributed by atoms with E-state index in [9.17, 15) is 0 Å². The zero-order valence-electron chi connectivity index (χ0n) is 11.8. The number of nitrogens with zero attached hydrogens (tertiary/aromatic N) is 1. The number of benzene rings is 1. The van der Waals surface area contributed by atoms with Gasteiger partial charge in [0.05, 0.1) is 13.2 Å². The van der Waals surface area contributed by atoms with Crippen LogP contribution in [0.5, 0.6) is 0 Å². The Morgan fingerprint density at radius 1 is 1.32 bits per heavy atom. The van der Waals surface area contributed by atoms with Gasteiger partial charge in [0, 0.05) is 30.6 Å². The summed E-state index contributed by atoms with van der Waals surface area (Å²) in [4.78, 5) is 2.54. The summed E-state index contributed by atoms with van der Waals surface area (Å²) in [5, 5.41) is 0.933. The topological polar surface area (TPSA) is 12.5 Å². The molecular weight excluding hydrogens is 258 g/mol. The smallest absolute Gasteiger partial charge is 0.0528 e. The lowest BCUT2D eigenvalue weighted by Gasteiger charge is -2.35. The number of fused-ring (bicyclic) bond motifs is 1. The molecule has 0 radical (unpaired) electrons. The molecule has 1 fully saturated rings. The lowest BCUT2D eigenvalue weighted by Crippen LogP contribution is -2.41. The predicted molar refractivity (Wildman–Crippen MR) is 78.8 cm³/mol. The van der Waals surface area contributed by atoms with Crippen LogP contribution >= 0.6 is 11.6 Å². The number of hydrogen-bond acceptors (Lipinski definition) is 2. The lowest BCUT2D eigenvalue weighted by molar-refractivity contribution is -0.0480. The normalized spacial score (nSPS) is 20.4. The highest BCUT2D eigenvalue weighted by Crippen LogP contribution is 2.31. The molecule has 3 heteroatoms. The molecule has 19 heavy (non-hydrogen) atoms. The summed E-state index contributed by atoms with van der Waals surface area (Å²) in [7, 11) is 0. The summed E-state index contributed by atoms with van der Waals surface area (Å²) in [6, 6.07) is 4.52. The first kappa shape index (κ1) is 13.4. The van der Waals surface area contributed by atoms with Crippen LogP contribution in [0.15, 0.2) is 12.1 Å². The van der Waals surface area contributed by atoms with E-state index in [4.69, 9.17) is 16.3 Å². The zero-order valence-corrected chi connectivity index (χ0v) is 12.5. The van der Waals surface area contributed by atoms with Crippen LogP contribution < -0.4 is 0 Å². The minimum absolute atomic E-state index is 0.503. The maximum atomic E-state index is 6.41. The highest BCUT2D eigenvalue weighted by Gasteiger charge is 2.25. The molecular formula is C16H22ClNO. The molecule has 104 valence electrons. The van der Waals surface area contributed by atoms with Gasteiger partial charge in [-0.05, 0) is 35.1 Å². The van der Waals surface area contributed by atoms with Crippen molar-refractivity contribution >= 4 is 11.6 Å². The van der Waals surface area contributed by atoms with Gasteiger partial charge in [-0.1, -0.05) is 31.5 Å². The first-order valence-electron chi connectivity index (χ1n) is 7.24. The van der Waals surface area contributed by atoms with Crippen molar-refractivity contribution in [1.82, 2.24) is 4.90 Å². The highest BCUT2D eigenvalue weighted by atomic mass is 35.5. The van der Waals surface area contributed by atoms with Crippen LogP contribution in [0.1, 0.15) is 36.5 Å². The van der Waals surface area contributed by atoms with Crippen LogP contribution in [0.25, 0.3) is 0 Å². The van der Waals surface area contributed by atoms with E-state index < -0.39 is 0 Å². The fourth-order valence-electron chi connectivity index (χ4n) is 3.01. The van der Waals surface area contributed by atoms with Crippen molar-refractivity contribution in [2.45, 2.75) is 32.7 Å². The van der Waals surface area contributed by atoms with E-state index in [0.29, 0.717) is 5.92 Å². The monoisotopic (exact) mass is 279 g/mol. The van der Waals surface area contributed by atoms with Gasteiger partial charge in [0.2, 0.25) is 0 Å². The average Bonchev–Trinajstić information content (AvgIpc) is 2.32. The SMILES string of the molecule is CC(C)c1cc2c(cc1Cl)CN(CC1COC1)CC2. The molecule has 0 atom stereocenters. The van der Waals surface area contributed by atoms with Crippen LogP contribution in [0.3, 0.4) is 0 Å². The quantitative estimate of drug-likeness (QED) is 0.840. The first-order valence-corrected chi connectivity index (χ1v) is 7.62. The Hall–Kier alpha value is -0.570. The molecule has 0 spiro atoms. The molecule has 0 unspecified atom stereocenters. The number of halogens is 1. The minimum Gasteiger partial charge on any atom is -0.381 e. The Balaban J connectivity index is 1.75. The number of hydrogen-bond donors (Lipinski definition) is 0. The highest BCUT2D eigenvalue weighted by molar-refractivity contribution is 6.31. The molecule has 1 aromatic carbocycles. The molecule has 0 aromatic heterocycles. The van der Waals surface area contributed by atoms with Gasteiger partial charge in [0.15, 0.2) is 0 Å². The summed E-state index contributed by atoms with van der Waals surface area (Å²) in [6.45, 7) is 9.68. The molecule has 2 heterocycles. The van der Waals surface area contributed by atoms with Gasteiger partial charge in [-0.2, -0.15) is 0 Å². The number of ether oxygens (including phenoxy) is 1. The molecule has 2 aliphatic heterocycles. The molecule has 1 saturated heterocycles. The minimum atomic E-state index is 0.503. The largest absolute Gasteiger partial charge is 0.381 e. The summed E-state index contributed by atoms with van der Waals surface area (Å²) < 4.78 is 5.26. The third-order valence-electron chi connectivity index (χ3n) is 4.26. The molecule has 0 amide bonds. The van der Waals surface area contributed by atoms with E-state index in [-0.39, 0.29) is 0 Å². The zero-order chi connectivity index (χ0) is 13.4. The van der Waals surface area contributed by atoms with Crippen LogP contribution in [-0.2, 0) is 17.7 Å². The Morgan fingerprint density at radius 2 is 2.11 bits per heavy atom. The standard InChI is InChI=1S/C16H22ClNO/c1-11(2)15-5-13-3-4-18(7-12-9-19-10-12)8-14(13)6-16(15)17/h5-6,11-12H,3-4,7-10H2,1-2H3. The molecule has 0 N–H and O–H groups in total. The second-order valence-corrected chi connectivity index (χ2v) is 6.59. The van der Waals surface area contributed by atoms with Crippen LogP contribution in [0.4, 0.5) is 0 Å². The van der Waals surface area contributed by atoms with Crippen molar-refractivity contribution in [3.63, 3.8) is 0 Å². The molecule has 0 bridgehead atoms. The Kier molecular flexibility index (Phi) is 3.84. The third kappa shape index (κ3) is 2.81. The van der Waals surface area contributed by atoms with Crippen molar-refractivity contribution in [2.75, 3.05) is 26.3 Å². The van der Waals surface area contributed by atoms with Gasteiger partial charge in [-0.15, -0.1) is 0 Å². The fraction of sp³-hybridized carbons (Fsp3) is 0.625. The van der Waals surface area contributed by atoms with Crippen molar-refractivity contribution in [3.8, 4) is 0 Å². The number of rotatable bonds is 3. The van der Waals surface area contributed by atoms with E-state index in [1.807, 2.05) is 0 Å². The Labute approximate surface area is 120 Å². The van der Waals surface area contributed by atoms with Gasteiger partial charge >= 0.3 is 0 Å². The van der Waals surface area contributed by atoms with E-state index in [1.54, 1.807) is 0 Å². The summed E-state index contributed by atoms with van der Waals surface area (Å²) in [5.41, 5.74) is 4.20. The van der Waals surface area contributed by atoms with Gasteiger partial charge in [-0.3, -0.25) is 4.90 Å². The van der Waals surface area contributed by atoms with Crippen LogP contribution in [0.2, 0.25) is 5.02 Å². The van der Waals surface area contributed by atoms with E-state index in [2.05, 4.69) is 30.9 Å². The second-order valence-electron chi connectivity index (χ2n) is 6.19. The fourth-order valence-corrected chi connectivity index (χ4v) is 3.41. The molecule has 3 rings (SSSR count). The van der Waals surface area contributed by atoms with Gasteiger partial charge in [0.25, 0.3) is 0 Å². The van der Waals surface area contributed by atoms with E-state index >= 15 is 0 Å². The predicted octanol–water partition coefficient (Wildman–Crippen LogP) is 3.47. The molecule has 1 aromatic rings. The molecule has 0 saturated carbocycles. The lowest BCUT2D eigenvalue weighted by atomic mass is 9.92. The van der Waals surface area contributed by atoms with Crippen LogP contribution in [-0.4, -0.2) is 31.2 Å². The van der Waals surface area contributed by atoms with E-state index in [1.165, 1.54) is 29.8 Å². The third-order valence-corrected chi connectivity index (χ3v) is 4.58. The van der Waals surface area contributed by atoms with Crippen molar-refractivity contribution in [1.29, 1.82) is 0 Å². The van der Waals surface area contributed by atoms with Crippen molar-refractivity contribution in [2.24, 2.45) is 5.92 Å². The first-order chi connectivity index (χ1) is 9.13. The second kappa shape index (κ2) is 5.43. The molecule has 0 aliphatic carbocycles. The Bertz CT molecular complexity index is 468. The van der Waals surface area contributed by atoms with E-state index in [0.717, 1.165) is 37.1 Å². The van der Waals surface area contributed by atoms with Crippen molar-refractivity contribution < 1.29 is 4.74 Å². The molecule has 2 nitrogen and oxygen atoms in total. The molecule has 2 aliphatic rings. The Morgan fingerprint density at radius 3 is 2.74 bits per heavy atom. The van der Waals surface area contributed by atoms with Gasteiger partial charge in [0.1, 0.15) is 0 Å². The van der Waals surface area contributed by atoms with Gasteiger partial charge < -0.3 is 4.74 Å². The average molecular weight is 280 g/mol. The summed E-state index contributed by atoms with van der Waals surface area (Å²) >= 11 is 6.41.